The minimum absolute atomic E-state index is 0.0115. The average Bonchev–Trinajstić information content (AvgIpc) is 2.26. The van der Waals surface area contributed by atoms with Gasteiger partial charge in [0.05, 0.1) is 6.42 Å². The van der Waals surface area contributed by atoms with E-state index < -0.39 is 18.6 Å². The Balaban J connectivity index is 2.76. The van der Waals surface area contributed by atoms with E-state index in [9.17, 15) is 13.2 Å². The summed E-state index contributed by atoms with van der Waals surface area (Å²) in [4.78, 5) is 1.95. The van der Waals surface area contributed by atoms with Crippen molar-refractivity contribution in [1.29, 1.82) is 0 Å². The lowest BCUT2D eigenvalue weighted by Crippen LogP contribution is -2.39. The first-order chi connectivity index (χ1) is 8.78. The molecule has 1 aromatic carbocycles. The van der Waals surface area contributed by atoms with Crippen LogP contribution in [0, 0.1) is 0 Å². The molecule has 0 aliphatic carbocycles. The number of nitrogens with zero attached hydrogens (tertiary/aromatic N) is 1. The molecule has 0 heterocycles. The molecular formula is C14H21F3N2. The highest BCUT2D eigenvalue weighted by molar-refractivity contribution is 5.19. The minimum atomic E-state index is -4.18. The van der Waals surface area contributed by atoms with Crippen LogP contribution < -0.4 is 5.32 Å². The van der Waals surface area contributed by atoms with Crippen molar-refractivity contribution in [2.75, 3.05) is 20.6 Å². The fourth-order valence-corrected chi connectivity index (χ4v) is 2.13. The maximum atomic E-state index is 12.7. The summed E-state index contributed by atoms with van der Waals surface area (Å²) in [5.41, 5.74) is 0.672. The van der Waals surface area contributed by atoms with E-state index in [4.69, 9.17) is 0 Å². The van der Waals surface area contributed by atoms with Gasteiger partial charge in [0.1, 0.15) is 0 Å². The predicted molar refractivity (Wildman–Crippen MR) is 71.0 cm³/mol. The molecule has 1 rings (SSSR count). The second kappa shape index (κ2) is 6.91. The van der Waals surface area contributed by atoms with Gasteiger partial charge < -0.3 is 10.2 Å². The number of nitrogens with one attached hydrogen (secondary N) is 1. The first-order valence-electron chi connectivity index (χ1n) is 6.30. The zero-order chi connectivity index (χ0) is 14.5. The topological polar surface area (TPSA) is 15.3 Å². The molecule has 2 nitrogen and oxygen atoms in total. The Morgan fingerprint density at radius 2 is 1.74 bits per heavy atom. The number of rotatable bonds is 6. The molecule has 0 saturated heterocycles. The Hall–Kier alpha value is -1.07. The summed E-state index contributed by atoms with van der Waals surface area (Å²) in [6.07, 6.45) is -5.03. The molecule has 0 amide bonds. The molecule has 2 atom stereocenters. The summed E-state index contributed by atoms with van der Waals surface area (Å²) >= 11 is 0. The second-order valence-corrected chi connectivity index (χ2v) is 5.11. The summed E-state index contributed by atoms with van der Waals surface area (Å²) < 4.78 is 38.0. The van der Waals surface area contributed by atoms with Crippen LogP contribution in [0.15, 0.2) is 30.3 Å². The maximum Gasteiger partial charge on any atom is 0.390 e. The van der Waals surface area contributed by atoms with Crippen molar-refractivity contribution >= 4 is 0 Å². The molecule has 0 bridgehead atoms. The number of hydrogen-bond donors (Lipinski definition) is 1. The highest BCUT2D eigenvalue weighted by atomic mass is 19.4. The molecule has 1 aromatic rings. The van der Waals surface area contributed by atoms with Crippen LogP contribution in [0.1, 0.15) is 24.9 Å². The van der Waals surface area contributed by atoms with Gasteiger partial charge in [0.25, 0.3) is 0 Å². The number of hydrogen-bond acceptors (Lipinski definition) is 2. The summed E-state index contributed by atoms with van der Waals surface area (Å²) in [5, 5.41) is 3.06. The van der Waals surface area contributed by atoms with E-state index in [-0.39, 0.29) is 6.04 Å². The third-order valence-electron chi connectivity index (χ3n) is 2.76. The fourth-order valence-electron chi connectivity index (χ4n) is 2.13. The summed E-state index contributed by atoms with van der Waals surface area (Å²) in [6, 6.07) is 8.07. The van der Waals surface area contributed by atoms with E-state index in [1.165, 1.54) is 0 Å². The highest BCUT2D eigenvalue weighted by Crippen LogP contribution is 2.29. The SMILES string of the molecule is CC(CN(C)C)NC(CC(F)(F)F)c1ccccc1. The average molecular weight is 274 g/mol. The lowest BCUT2D eigenvalue weighted by Gasteiger charge is -2.26. The van der Waals surface area contributed by atoms with Gasteiger partial charge in [-0.05, 0) is 26.6 Å². The van der Waals surface area contributed by atoms with Gasteiger partial charge >= 0.3 is 6.18 Å². The molecule has 5 heteroatoms. The van der Waals surface area contributed by atoms with E-state index in [0.29, 0.717) is 12.1 Å². The first kappa shape index (κ1) is 16.0. The Morgan fingerprint density at radius 1 is 1.16 bits per heavy atom. The molecule has 2 unspecified atom stereocenters. The van der Waals surface area contributed by atoms with Crippen LogP contribution in [0.4, 0.5) is 13.2 Å². The summed E-state index contributed by atoms with van der Waals surface area (Å²) in [5.74, 6) is 0. The van der Waals surface area contributed by atoms with Crippen LogP contribution in [0.2, 0.25) is 0 Å². The number of likely N-dealkylation sites (N-methyl/N-ethyl adjacent to an activating group) is 1. The Kier molecular flexibility index (Phi) is 5.82. The summed E-state index contributed by atoms with van der Waals surface area (Å²) in [6.45, 7) is 2.59. The molecule has 1 N–H and O–H groups in total. The van der Waals surface area contributed by atoms with Crippen molar-refractivity contribution < 1.29 is 13.2 Å². The van der Waals surface area contributed by atoms with Crippen molar-refractivity contribution in [3.63, 3.8) is 0 Å². The Bertz CT molecular complexity index is 363. The van der Waals surface area contributed by atoms with Gasteiger partial charge in [-0.25, -0.2) is 0 Å². The van der Waals surface area contributed by atoms with Gasteiger partial charge in [-0.15, -0.1) is 0 Å². The van der Waals surface area contributed by atoms with Crippen molar-refractivity contribution in [3.8, 4) is 0 Å². The van der Waals surface area contributed by atoms with Crippen LogP contribution in [0.25, 0.3) is 0 Å². The van der Waals surface area contributed by atoms with Crippen molar-refractivity contribution in [2.45, 2.75) is 31.6 Å². The van der Waals surface area contributed by atoms with E-state index in [1.807, 2.05) is 25.9 Å². The maximum absolute atomic E-state index is 12.7. The van der Waals surface area contributed by atoms with E-state index in [0.717, 1.165) is 0 Å². The fraction of sp³-hybridized carbons (Fsp3) is 0.571. The van der Waals surface area contributed by atoms with Crippen molar-refractivity contribution in [3.05, 3.63) is 35.9 Å². The number of benzene rings is 1. The van der Waals surface area contributed by atoms with Gasteiger partial charge in [-0.1, -0.05) is 30.3 Å². The van der Waals surface area contributed by atoms with Gasteiger partial charge in [-0.2, -0.15) is 13.2 Å². The van der Waals surface area contributed by atoms with Crippen LogP contribution in [0.5, 0.6) is 0 Å². The smallest absolute Gasteiger partial charge is 0.308 e. The van der Waals surface area contributed by atoms with Crippen LogP contribution in [-0.4, -0.2) is 37.8 Å². The van der Waals surface area contributed by atoms with Crippen molar-refractivity contribution in [2.24, 2.45) is 0 Å². The molecule has 0 aliphatic rings. The molecule has 19 heavy (non-hydrogen) atoms. The lowest BCUT2D eigenvalue weighted by molar-refractivity contribution is -0.140. The van der Waals surface area contributed by atoms with Gasteiger partial charge in [-0.3, -0.25) is 0 Å². The van der Waals surface area contributed by atoms with Crippen LogP contribution in [-0.2, 0) is 0 Å². The third-order valence-corrected chi connectivity index (χ3v) is 2.76. The number of halogens is 3. The molecule has 0 saturated carbocycles. The number of alkyl halides is 3. The third kappa shape index (κ3) is 6.59. The Labute approximate surface area is 112 Å². The minimum Gasteiger partial charge on any atom is -0.308 e. The summed E-state index contributed by atoms with van der Waals surface area (Å²) in [7, 11) is 3.80. The monoisotopic (exact) mass is 274 g/mol. The van der Waals surface area contributed by atoms with Crippen LogP contribution >= 0.6 is 0 Å². The largest absolute Gasteiger partial charge is 0.390 e. The normalized spacial score (nSPS) is 15.5. The molecule has 0 aromatic heterocycles. The zero-order valence-electron chi connectivity index (χ0n) is 11.5. The van der Waals surface area contributed by atoms with E-state index in [1.54, 1.807) is 30.3 Å². The first-order valence-corrected chi connectivity index (χ1v) is 6.30. The van der Waals surface area contributed by atoms with Crippen molar-refractivity contribution in [1.82, 2.24) is 10.2 Å². The van der Waals surface area contributed by atoms with Gasteiger partial charge in [0, 0.05) is 18.6 Å². The predicted octanol–water partition coefficient (Wildman–Crippen LogP) is 3.22. The molecule has 0 aliphatic heterocycles. The molecule has 0 fully saturated rings. The van der Waals surface area contributed by atoms with E-state index in [2.05, 4.69) is 5.32 Å². The molecule has 0 radical (unpaired) electrons. The quantitative estimate of drug-likeness (QED) is 0.857. The lowest BCUT2D eigenvalue weighted by atomic mass is 10.0. The standard InChI is InChI=1S/C14H21F3N2/c1-11(10-19(2)3)18-13(9-14(15,16)17)12-7-5-4-6-8-12/h4-8,11,13,18H,9-10H2,1-3H3. The van der Waals surface area contributed by atoms with E-state index >= 15 is 0 Å². The highest BCUT2D eigenvalue weighted by Gasteiger charge is 2.33. The van der Waals surface area contributed by atoms with Gasteiger partial charge in [0.2, 0.25) is 0 Å². The van der Waals surface area contributed by atoms with Gasteiger partial charge in [0.15, 0.2) is 0 Å². The molecular weight excluding hydrogens is 253 g/mol. The molecule has 108 valence electrons. The zero-order valence-corrected chi connectivity index (χ0v) is 11.5. The Morgan fingerprint density at radius 3 is 2.21 bits per heavy atom. The molecule has 0 spiro atoms. The second-order valence-electron chi connectivity index (χ2n) is 5.11. The van der Waals surface area contributed by atoms with Crippen LogP contribution in [0.3, 0.4) is 0 Å².